The van der Waals surface area contributed by atoms with Gasteiger partial charge in [0.05, 0.1) is 5.69 Å². The van der Waals surface area contributed by atoms with E-state index < -0.39 is 0 Å². The Morgan fingerprint density at radius 1 is 1.53 bits per heavy atom. The number of rotatable bonds is 2. The first-order chi connectivity index (χ1) is 8.06. The van der Waals surface area contributed by atoms with Gasteiger partial charge in [-0.2, -0.15) is 0 Å². The van der Waals surface area contributed by atoms with E-state index in [2.05, 4.69) is 35.6 Å². The zero-order valence-electron chi connectivity index (χ0n) is 11.1. The fraction of sp³-hybridized carbons (Fsp3) is 0.692. The minimum atomic E-state index is -0.0604. The molecule has 1 amide bonds. The number of nitrogens with zero attached hydrogens (tertiary/aromatic N) is 2. The van der Waals surface area contributed by atoms with E-state index in [0.29, 0.717) is 17.7 Å². The molecular formula is C13H21N3O. The van der Waals surface area contributed by atoms with Crippen LogP contribution in [0.1, 0.15) is 67.6 Å². The zero-order valence-corrected chi connectivity index (χ0v) is 11.1. The standard InChI is InChI=1S/C13H21N3O/c1-8(2)12-15-11(13(17)14-4)10-7-5-6-9(3)16(10)12/h8-9H,5-7H2,1-4H3,(H,14,17). The molecule has 1 unspecified atom stereocenters. The van der Waals surface area contributed by atoms with Gasteiger partial charge in [0, 0.05) is 19.0 Å². The molecule has 4 nitrogen and oxygen atoms in total. The third-order valence-corrected chi connectivity index (χ3v) is 3.47. The van der Waals surface area contributed by atoms with Crippen molar-refractivity contribution in [3.05, 3.63) is 17.2 Å². The number of nitrogens with one attached hydrogen (secondary N) is 1. The second kappa shape index (κ2) is 4.51. The largest absolute Gasteiger partial charge is 0.354 e. The Kier molecular flexibility index (Phi) is 3.22. The first-order valence-corrected chi connectivity index (χ1v) is 6.39. The first kappa shape index (κ1) is 12.1. The van der Waals surface area contributed by atoms with Crippen LogP contribution in [0.15, 0.2) is 0 Å². The second-order valence-electron chi connectivity index (χ2n) is 5.11. The number of hydrogen-bond donors (Lipinski definition) is 1. The number of aromatic nitrogens is 2. The molecule has 0 bridgehead atoms. The van der Waals surface area contributed by atoms with Gasteiger partial charge in [-0.3, -0.25) is 4.79 Å². The Morgan fingerprint density at radius 2 is 2.24 bits per heavy atom. The van der Waals surface area contributed by atoms with Crippen molar-refractivity contribution in [1.29, 1.82) is 0 Å². The lowest BCUT2D eigenvalue weighted by Gasteiger charge is -2.25. The maximum atomic E-state index is 11.8. The summed E-state index contributed by atoms with van der Waals surface area (Å²) in [4.78, 5) is 16.4. The van der Waals surface area contributed by atoms with E-state index in [4.69, 9.17) is 0 Å². The van der Waals surface area contributed by atoms with Crippen LogP contribution in [0.3, 0.4) is 0 Å². The lowest BCUT2D eigenvalue weighted by molar-refractivity contribution is 0.0957. The van der Waals surface area contributed by atoms with Gasteiger partial charge in [0.25, 0.3) is 5.91 Å². The Hall–Kier alpha value is -1.32. The van der Waals surface area contributed by atoms with Crippen LogP contribution in [-0.4, -0.2) is 22.5 Å². The average molecular weight is 235 g/mol. The van der Waals surface area contributed by atoms with E-state index in [1.165, 1.54) is 6.42 Å². The Labute approximate surface area is 102 Å². The molecule has 17 heavy (non-hydrogen) atoms. The maximum absolute atomic E-state index is 11.8. The van der Waals surface area contributed by atoms with Gasteiger partial charge in [0.1, 0.15) is 11.5 Å². The van der Waals surface area contributed by atoms with Crippen molar-refractivity contribution >= 4 is 5.91 Å². The molecule has 0 fully saturated rings. The van der Waals surface area contributed by atoms with Gasteiger partial charge >= 0.3 is 0 Å². The van der Waals surface area contributed by atoms with Crippen LogP contribution in [-0.2, 0) is 6.42 Å². The van der Waals surface area contributed by atoms with Crippen molar-refractivity contribution in [3.8, 4) is 0 Å². The summed E-state index contributed by atoms with van der Waals surface area (Å²) in [6, 6.07) is 0.460. The van der Waals surface area contributed by atoms with Gasteiger partial charge in [-0.1, -0.05) is 13.8 Å². The van der Waals surface area contributed by atoms with Gasteiger partial charge in [-0.25, -0.2) is 4.98 Å². The van der Waals surface area contributed by atoms with Crippen molar-refractivity contribution in [2.24, 2.45) is 0 Å². The molecular weight excluding hydrogens is 214 g/mol. The van der Waals surface area contributed by atoms with E-state index in [-0.39, 0.29) is 5.91 Å². The fourth-order valence-electron chi connectivity index (χ4n) is 2.62. The van der Waals surface area contributed by atoms with Crippen LogP contribution in [0.25, 0.3) is 0 Å². The third kappa shape index (κ3) is 1.96. The molecule has 0 aliphatic carbocycles. The van der Waals surface area contributed by atoms with Crippen LogP contribution in [0.5, 0.6) is 0 Å². The van der Waals surface area contributed by atoms with Crippen LogP contribution < -0.4 is 5.32 Å². The van der Waals surface area contributed by atoms with Crippen molar-refractivity contribution in [2.75, 3.05) is 7.05 Å². The lowest BCUT2D eigenvalue weighted by Crippen LogP contribution is -2.23. The highest BCUT2D eigenvalue weighted by Crippen LogP contribution is 2.31. The van der Waals surface area contributed by atoms with E-state index in [1.54, 1.807) is 7.05 Å². The molecule has 0 aromatic carbocycles. The third-order valence-electron chi connectivity index (χ3n) is 3.47. The Morgan fingerprint density at radius 3 is 2.82 bits per heavy atom. The molecule has 0 spiro atoms. The first-order valence-electron chi connectivity index (χ1n) is 6.39. The van der Waals surface area contributed by atoms with Crippen LogP contribution >= 0.6 is 0 Å². The molecule has 0 saturated carbocycles. The van der Waals surface area contributed by atoms with Crippen molar-refractivity contribution in [2.45, 2.75) is 52.0 Å². The molecule has 1 aliphatic rings. The predicted molar refractivity (Wildman–Crippen MR) is 67.4 cm³/mol. The molecule has 0 saturated heterocycles. The van der Waals surface area contributed by atoms with Crippen LogP contribution in [0, 0.1) is 0 Å². The van der Waals surface area contributed by atoms with E-state index in [1.807, 2.05) is 0 Å². The molecule has 0 radical (unpaired) electrons. The second-order valence-corrected chi connectivity index (χ2v) is 5.11. The van der Waals surface area contributed by atoms with Gasteiger partial charge < -0.3 is 9.88 Å². The molecule has 1 aliphatic heterocycles. The number of carbonyl (C=O) groups excluding carboxylic acids is 1. The minimum absolute atomic E-state index is 0.0604. The maximum Gasteiger partial charge on any atom is 0.271 e. The molecule has 4 heteroatoms. The van der Waals surface area contributed by atoms with E-state index in [0.717, 1.165) is 24.4 Å². The van der Waals surface area contributed by atoms with Crippen molar-refractivity contribution in [1.82, 2.24) is 14.9 Å². The molecule has 1 atom stereocenters. The molecule has 94 valence electrons. The molecule has 2 heterocycles. The number of hydrogen-bond acceptors (Lipinski definition) is 2. The SMILES string of the molecule is CNC(=O)c1nc(C(C)C)n2c1CCCC2C. The summed E-state index contributed by atoms with van der Waals surface area (Å²) in [7, 11) is 1.66. The molecule has 1 aromatic heterocycles. The molecule has 1 aromatic rings. The summed E-state index contributed by atoms with van der Waals surface area (Å²) in [5, 5.41) is 2.68. The normalized spacial score (nSPS) is 19.2. The van der Waals surface area contributed by atoms with Crippen LogP contribution in [0.2, 0.25) is 0 Å². The smallest absolute Gasteiger partial charge is 0.271 e. The number of fused-ring (bicyclic) bond motifs is 1. The summed E-state index contributed by atoms with van der Waals surface area (Å²) in [5.41, 5.74) is 1.74. The highest BCUT2D eigenvalue weighted by Gasteiger charge is 2.27. The fourth-order valence-corrected chi connectivity index (χ4v) is 2.62. The van der Waals surface area contributed by atoms with Gasteiger partial charge in [0.15, 0.2) is 0 Å². The van der Waals surface area contributed by atoms with Gasteiger partial charge in [-0.05, 0) is 26.2 Å². The molecule has 1 N–H and O–H groups in total. The van der Waals surface area contributed by atoms with Gasteiger partial charge in [-0.15, -0.1) is 0 Å². The van der Waals surface area contributed by atoms with Crippen LogP contribution in [0.4, 0.5) is 0 Å². The van der Waals surface area contributed by atoms with Gasteiger partial charge in [0.2, 0.25) is 0 Å². The average Bonchev–Trinajstić information content (AvgIpc) is 2.69. The number of imidazole rings is 1. The zero-order chi connectivity index (χ0) is 12.6. The summed E-state index contributed by atoms with van der Waals surface area (Å²) < 4.78 is 2.28. The summed E-state index contributed by atoms with van der Waals surface area (Å²) in [6.45, 7) is 6.47. The minimum Gasteiger partial charge on any atom is -0.354 e. The summed E-state index contributed by atoms with van der Waals surface area (Å²) in [5.74, 6) is 1.34. The number of amides is 1. The molecule has 2 rings (SSSR count). The van der Waals surface area contributed by atoms with E-state index in [9.17, 15) is 4.79 Å². The van der Waals surface area contributed by atoms with Crippen molar-refractivity contribution < 1.29 is 4.79 Å². The highest BCUT2D eigenvalue weighted by atomic mass is 16.1. The quantitative estimate of drug-likeness (QED) is 0.854. The lowest BCUT2D eigenvalue weighted by atomic mass is 10.0. The van der Waals surface area contributed by atoms with Crippen molar-refractivity contribution in [3.63, 3.8) is 0 Å². The monoisotopic (exact) mass is 235 g/mol. The highest BCUT2D eigenvalue weighted by molar-refractivity contribution is 5.93. The Bertz CT molecular complexity index is 434. The predicted octanol–water partition coefficient (Wildman–Crippen LogP) is 2.26. The Balaban J connectivity index is 2.56. The topological polar surface area (TPSA) is 46.9 Å². The summed E-state index contributed by atoms with van der Waals surface area (Å²) in [6.07, 6.45) is 3.29. The van der Waals surface area contributed by atoms with E-state index >= 15 is 0 Å². The number of carbonyl (C=O) groups is 1. The summed E-state index contributed by atoms with van der Waals surface area (Å²) >= 11 is 0.